The maximum absolute atomic E-state index is 12.4. The van der Waals surface area contributed by atoms with Crippen LogP contribution < -0.4 is 5.73 Å². The SMILES string of the molecule is N#CC(c1cnc(C(F)F)nc1)N1CCOCC1.NCC(c1cnc(C(F)F)nc1)N1CCOCC1. The van der Waals surface area contributed by atoms with Gasteiger partial charge in [-0.15, -0.1) is 0 Å². The molecule has 0 saturated carbocycles. The fraction of sp³-hybridized carbons (Fsp3) is 0.591. The zero-order valence-corrected chi connectivity index (χ0v) is 19.5. The summed E-state index contributed by atoms with van der Waals surface area (Å²) in [6.07, 6.45) is 0.111. The molecule has 0 radical (unpaired) electrons. The highest BCUT2D eigenvalue weighted by Crippen LogP contribution is 2.22. The van der Waals surface area contributed by atoms with Crippen LogP contribution in [0, 0.1) is 11.3 Å². The van der Waals surface area contributed by atoms with Crippen molar-refractivity contribution in [1.29, 1.82) is 5.26 Å². The van der Waals surface area contributed by atoms with Crippen LogP contribution >= 0.6 is 0 Å². The number of aromatic nitrogens is 4. The number of nitrogens with zero attached hydrogens (tertiary/aromatic N) is 7. The first kappa shape index (κ1) is 27.8. The maximum Gasteiger partial charge on any atom is 0.297 e. The summed E-state index contributed by atoms with van der Waals surface area (Å²) in [6.45, 7) is 5.67. The molecule has 0 spiro atoms. The molecule has 14 heteroatoms. The lowest BCUT2D eigenvalue weighted by molar-refractivity contribution is 0.0177. The van der Waals surface area contributed by atoms with E-state index in [4.69, 9.17) is 15.2 Å². The molecular weight excluding hydrogens is 484 g/mol. The van der Waals surface area contributed by atoms with Crippen LogP contribution in [-0.2, 0) is 9.47 Å². The third-order valence-corrected chi connectivity index (χ3v) is 5.72. The molecule has 4 heterocycles. The van der Waals surface area contributed by atoms with Crippen LogP contribution in [0.3, 0.4) is 0 Å². The number of nitrogens with two attached hydrogens (primary N) is 1. The molecule has 0 bridgehead atoms. The lowest BCUT2D eigenvalue weighted by Gasteiger charge is -2.33. The van der Waals surface area contributed by atoms with E-state index >= 15 is 0 Å². The molecule has 2 unspecified atom stereocenters. The van der Waals surface area contributed by atoms with Gasteiger partial charge in [0.15, 0.2) is 11.6 Å². The van der Waals surface area contributed by atoms with Crippen LogP contribution in [0.2, 0.25) is 0 Å². The van der Waals surface area contributed by atoms with Gasteiger partial charge in [-0.25, -0.2) is 37.5 Å². The Hall–Kier alpha value is -2.83. The Morgan fingerprint density at radius 2 is 1.19 bits per heavy atom. The molecule has 0 aliphatic carbocycles. The predicted octanol–water partition coefficient (Wildman–Crippen LogP) is 2.06. The molecule has 36 heavy (non-hydrogen) atoms. The highest BCUT2D eigenvalue weighted by molar-refractivity contribution is 5.19. The van der Waals surface area contributed by atoms with Crippen LogP contribution in [-0.4, -0.2) is 88.9 Å². The molecular formula is C22H28F4N8O2. The highest BCUT2D eigenvalue weighted by Gasteiger charge is 2.24. The first-order valence-corrected chi connectivity index (χ1v) is 11.4. The van der Waals surface area contributed by atoms with Crippen molar-refractivity contribution in [1.82, 2.24) is 29.7 Å². The minimum absolute atomic E-state index is 0.0411. The van der Waals surface area contributed by atoms with Gasteiger partial charge in [-0.1, -0.05) is 0 Å². The predicted molar refractivity (Wildman–Crippen MR) is 119 cm³/mol. The van der Waals surface area contributed by atoms with E-state index in [-0.39, 0.29) is 6.04 Å². The normalized spacial score (nSPS) is 18.8. The summed E-state index contributed by atoms with van der Waals surface area (Å²) < 4.78 is 59.8. The first-order valence-electron chi connectivity index (χ1n) is 11.4. The van der Waals surface area contributed by atoms with E-state index in [1.807, 2.05) is 4.90 Å². The monoisotopic (exact) mass is 512 g/mol. The smallest absolute Gasteiger partial charge is 0.297 e. The molecule has 2 fully saturated rings. The molecule has 4 rings (SSSR count). The van der Waals surface area contributed by atoms with Gasteiger partial charge in [0, 0.05) is 68.6 Å². The molecule has 2 aliphatic heterocycles. The second-order valence-corrected chi connectivity index (χ2v) is 7.93. The molecule has 2 N–H and O–H groups in total. The Kier molecular flexibility index (Phi) is 10.8. The summed E-state index contributed by atoms with van der Waals surface area (Å²) in [5.41, 5.74) is 7.05. The minimum atomic E-state index is -2.69. The quantitative estimate of drug-likeness (QED) is 0.551. The van der Waals surface area contributed by atoms with Gasteiger partial charge < -0.3 is 15.2 Å². The van der Waals surface area contributed by atoms with Crippen molar-refractivity contribution < 1.29 is 27.0 Å². The van der Waals surface area contributed by atoms with Crippen molar-refractivity contribution in [3.63, 3.8) is 0 Å². The average Bonchev–Trinajstić information content (AvgIpc) is 2.92. The summed E-state index contributed by atoms with van der Waals surface area (Å²) in [6, 6.07) is 1.59. The molecule has 2 saturated heterocycles. The van der Waals surface area contributed by atoms with Crippen molar-refractivity contribution in [2.24, 2.45) is 5.73 Å². The van der Waals surface area contributed by atoms with E-state index in [2.05, 4.69) is 30.9 Å². The Labute approximate surface area is 206 Å². The summed E-state index contributed by atoms with van der Waals surface area (Å²) >= 11 is 0. The van der Waals surface area contributed by atoms with Crippen molar-refractivity contribution in [3.05, 3.63) is 47.6 Å². The highest BCUT2D eigenvalue weighted by atomic mass is 19.3. The van der Waals surface area contributed by atoms with Crippen LogP contribution in [0.25, 0.3) is 0 Å². The Morgan fingerprint density at radius 1 is 0.778 bits per heavy atom. The first-order chi connectivity index (χ1) is 17.4. The third kappa shape index (κ3) is 7.58. The standard InChI is InChI=1S/C11H16F2N4O.C11H12F2N4O/c2*12-10(13)11-15-6-8(7-16-11)9(5-14)17-1-3-18-4-2-17/h6-7,9-10H,1-5,14H2;6-7,9-10H,1-4H2. The summed E-state index contributed by atoms with van der Waals surface area (Å²) in [7, 11) is 0. The number of halogens is 4. The molecule has 2 aliphatic rings. The average molecular weight is 513 g/mol. The second kappa shape index (κ2) is 14.0. The fourth-order valence-corrected chi connectivity index (χ4v) is 3.82. The van der Waals surface area contributed by atoms with Crippen molar-refractivity contribution >= 4 is 0 Å². The minimum Gasteiger partial charge on any atom is -0.379 e. The van der Waals surface area contributed by atoms with Crippen LogP contribution in [0.1, 0.15) is 47.7 Å². The van der Waals surface area contributed by atoms with Gasteiger partial charge in [0.05, 0.1) is 38.5 Å². The zero-order valence-electron chi connectivity index (χ0n) is 19.5. The number of rotatable bonds is 7. The van der Waals surface area contributed by atoms with E-state index in [9.17, 15) is 22.8 Å². The van der Waals surface area contributed by atoms with Gasteiger partial charge in [-0.2, -0.15) is 5.26 Å². The Bertz CT molecular complexity index is 950. The number of nitriles is 1. The largest absolute Gasteiger partial charge is 0.379 e. The van der Waals surface area contributed by atoms with Gasteiger partial charge in [-0.05, 0) is 0 Å². The molecule has 196 valence electrons. The van der Waals surface area contributed by atoms with Gasteiger partial charge in [0.2, 0.25) is 0 Å². The zero-order chi connectivity index (χ0) is 25.9. The van der Waals surface area contributed by atoms with Crippen molar-refractivity contribution in [2.45, 2.75) is 24.9 Å². The van der Waals surface area contributed by atoms with Gasteiger partial charge in [-0.3, -0.25) is 9.80 Å². The van der Waals surface area contributed by atoms with E-state index in [0.29, 0.717) is 51.6 Å². The van der Waals surface area contributed by atoms with E-state index in [0.717, 1.165) is 18.7 Å². The molecule has 2 atom stereocenters. The van der Waals surface area contributed by atoms with E-state index in [1.165, 1.54) is 24.8 Å². The third-order valence-electron chi connectivity index (χ3n) is 5.72. The molecule has 0 aromatic carbocycles. The summed E-state index contributed by atoms with van der Waals surface area (Å²) in [5, 5.41) is 9.17. The van der Waals surface area contributed by atoms with Crippen molar-refractivity contribution in [2.75, 3.05) is 59.2 Å². The van der Waals surface area contributed by atoms with Gasteiger partial charge in [0.25, 0.3) is 12.9 Å². The summed E-state index contributed by atoms with van der Waals surface area (Å²) in [4.78, 5) is 18.6. The number of hydrogen-bond donors (Lipinski definition) is 1. The topological polar surface area (TPSA) is 126 Å². The number of morpholine rings is 2. The van der Waals surface area contributed by atoms with Crippen LogP contribution in [0.5, 0.6) is 0 Å². The number of hydrogen-bond acceptors (Lipinski definition) is 10. The number of alkyl halides is 4. The fourth-order valence-electron chi connectivity index (χ4n) is 3.82. The lowest BCUT2D eigenvalue weighted by Crippen LogP contribution is -2.41. The van der Waals surface area contributed by atoms with E-state index in [1.54, 1.807) is 0 Å². The molecule has 2 aromatic heterocycles. The maximum atomic E-state index is 12.4. The summed E-state index contributed by atoms with van der Waals surface area (Å²) in [5.74, 6) is -0.964. The van der Waals surface area contributed by atoms with Crippen LogP contribution in [0.4, 0.5) is 17.6 Å². The van der Waals surface area contributed by atoms with Gasteiger partial charge >= 0.3 is 0 Å². The number of ether oxygens (including phenoxy) is 2. The Balaban J connectivity index is 0.000000201. The second-order valence-electron chi connectivity index (χ2n) is 7.93. The van der Waals surface area contributed by atoms with Gasteiger partial charge in [0.1, 0.15) is 6.04 Å². The molecule has 2 aromatic rings. The molecule has 0 amide bonds. The Morgan fingerprint density at radius 3 is 1.58 bits per heavy atom. The van der Waals surface area contributed by atoms with Crippen molar-refractivity contribution in [3.8, 4) is 6.07 Å². The lowest BCUT2D eigenvalue weighted by atomic mass is 10.1. The molecule has 10 nitrogen and oxygen atoms in total. The van der Waals surface area contributed by atoms with Crippen LogP contribution in [0.15, 0.2) is 24.8 Å². The van der Waals surface area contributed by atoms with E-state index < -0.39 is 30.5 Å².